The van der Waals surface area contributed by atoms with E-state index in [1.54, 1.807) is 34.8 Å². The SMILES string of the molecule is O=C(Cn1c(=O)c2ccccc2n2nncc12)Nc1ccc(Br)cc1. The van der Waals surface area contributed by atoms with Gasteiger partial charge in [-0.05, 0) is 36.4 Å². The highest BCUT2D eigenvalue weighted by molar-refractivity contribution is 9.10. The van der Waals surface area contributed by atoms with Gasteiger partial charge < -0.3 is 5.32 Å². The van der Waals surface area contributed by atoms with Gasteiger partial charge in [0.25, 0.3) is 5.56 Å². The van der Waals surface area contributed by atoms with Crippen LogP contribution in [0.25, 0.3) is 16.6 Å². The molecular formula is C17H12BrN5O2. The molecule has 0 aliphatic carbocycles. The van der Waals surface area contributed by atoms with Crippen LogP contribution in [0.4, 0.5) is 5.69 Å². The lowest BCUT2D eigenvalue weighted by molar-refractivity contribution is -0.116. The molecule has 0 radical (unpaired) electrons. The lowest BCUT2D eigenvalue weighted by Gasteiger charge is -2.10. The van der Waals surface area contributed by atoms with Crippen LogP contribution in [0.2, 0.25) is 0 Å². The molecule has 124 valence electrons. The Hall–Kier alpha value is -3.00. The molecule has 2 aromatic heterocycles. The first kappa shape index (κ1) is 15.5. The number of para-hydroxylation sites is 1. The second-order valence-electron chi connectivity index (χ2n) is 5.47. The Morgan fingerprint density at radius 1 is 1.12 bits per heavy atom. The van der Waals surface area contributed by atoms with Crippen LogP contribution in [-0.2, 0) is 11.3 Å². The number of benzene rings is 2. The first-order valence-corrected chi connectivity index (χ1v) is 8.30. The molecule has 0 aliphatic rings. The van der Waals surface area contributed by atoms with Crippen molar-refractivity contribution in [3.63, 3.8) is 0 Å². The fourth-order valence-electron chi connectivity index (χ4n) is 2.70. The Morgan fingerprint density at radius 3 is 2.68 bits per heavy atom. The van der Waals surface area contributed by atoms with Gasteiger partial charge in [-0.2, -0.15) is 4.52 Å². The number of nitrogens with zero attached hydrogens (tertiary/aromatic N) is 4. The molecule has 8 heteroatoms. The molecular weight excluding hydrogens is 386 g/mol. The molecule has 4 aromatic rings. The Kier molecular flexibility index (Phi) is 3.81. The Morgan fingerprint density at radius 2 is 1.88 bits per heavy atom. The zero-order valence-electron chi connectivity index (χ0n) is 12.9. The van der Waals surface area contributed by atoms with Gasteiger partial charge in [0.1, 0.15) is 6.54 Å². The maximum Gasteiger partial charge on any atom is 0.262 e. The zero-order valence-corrected chi connectivity index (χ0v) is 14.5. The number of anilines is 1. The summed E-state index contributed by atoms with van der Waals surface area (Å²) < 4.78 is 3.85. The minimum absolute atomic E-state index is 0.128. The highest BCUT2D eigenvalue weighted by Crippen LogP contribution is 2.15. The van der Waals surface area contributed by atoms with E-state index in [0.29, 0.717) is 22.2 Å². The van der Waals surface area contributed by atoms with Crippen LogP contribution in [0.3, 0.4) is 0 Å². The largest absolute Gasteiger partial charge is 0.325 e. The van der Waals surface area contributed by atoms with Gasteiger partial charge in [0, 0.05) is 10.2 Å². The van der Waals surface area contributed by atoms with E-state index >= 15 is 0 Å². The van der Waals surface area contributed by atoms with Crippen molar-refractivity contribution < 1.29 is 4.79 Å². The number of aromatic nitrogens is 4. The first-order valence-electron chi connectivity index (χ1n) is 7.51. The van der Waals surface area contributed by atoms with Crippen molar-refractivity contribution in [2.45, 2.75) is 6.54 Å². The Bertz CT molecular complexity index is 1150. The van der Waals surface area contributed by atoms with Crippen LogP contribution >= 0.6 is 15.9 Å². The van der Waals surface area contributed by atoms with E-state index < -0.39 is 0 Å². The maximum absolute atomic E-state index is 12.8. The Balaban J connectivity index is 1.74. The molecule has 0 atom stereocenters. The fraction of sp³-hybridized carbons (Fsp3) is 0.0588. The van der Waals surface area contributed by atoms with E-state index in [9.17, 15) is 9.59 Å². The van der Waals surface area contributed by atoms with E-state index in [2.05, 4.69) is 31.6 Å². The number of hydrogen-bond acceptors (Lipinski definition) is 4. The second kappa shape index (κ2) is 6.14. The Labute approximate surface area is 150 Å². The van der Waals surface area contributed by atoms with Crippen molar-refractivity contribution in [3.05, 3.63) is 69.6 Å². The van der Waals surface area contributed by atoms with Crippen LogP contribution in [0.5, 0.6) is 0 Å². The van der Waals surface area contributed by atoms with Crippen molar-refractivity contribution >= 4 is 44.1 Å². The van der Waals surface area contributed by atoms with Crippen molar-refractivity contribution in [3.8, 4) is 0 Å². The van der Waals surface area contributed by atoms with E-state index in [0.717, 1.165) is 4.47 Å². The number of halogens is 1. The number of rotatable bonds is 3. The average molecular weight is 398 g/mol. The summed E-state index contributed by atoms with van der Waals surface area (Å²) in [5.74, 6) is -0.303. The molecule has 0 fully saturated rings. The summed E-state index contributed by atoms with van der Waals surface area (Å²) >= 11 is 3.35. The monoisotopic (exact) mass is 397 g/mol. The van der Waals surface area contributed by atoms with E-state index in [4.69, 9.17) is 0 Å². The minimum atomic E-state index is -0.303. The lowest BCUT2D eigenvalue weighted by Crippen LogP contribution is -2.29. The molecule has 4 rings (SSSR count). The second-order valence-corrected chi connectivity index (χ2v) is 6.38. The van der Waals surface area contributed by atoms with Crippen LogP contribution in [-0.4, -0.2) is 25.3 Å². The van der Waals surface area contributed by atoms with E-state index in [-0.39, 0.29) is 18.0 Å². The first-order chi connectivity index (χ1) is 12.1. The van der Waals surface area contributed by atoms with Gasteiger partial charge in [0.05, 0.1) is 17.1 Å². The third-order valence-electron chi connectivity index (χ3n) is 3.85. The predicted octanol–water partition coefficient (Wildman–Crippen LogP) is 2.45. The van der Waals surface area contributed by atoms with Crippen LogP contribution < -0.4 is 10.9 Å². The number of amides is 1. The normalized spacial score (nSPS) is 11.1. The summed E-state index contributed by atoms with van der Waals surface area (Å²) in [5, 5.41) is 11.2. The van der Waals surface area contributed by atoms with Crippen LogP contribution in [0, 0.1) is 0 Å². The van der Waals surface area contributed by atoms with Gasteiger partial charge in [-0.15, -0.1) is 5.10 Å². The molecule has 1 amide bonds. The standard InChI is InChI=1S/C17H12BrN5O2/c18-11-5-7-12(8-6-11)20-15(24)10-22-16-9-19-21-23(16)14-4-2-1-3-13(14)17(22)25/h1-9H,10H2,(H,20,24). The van der Waals surface area contributed by atoms with Gasteiger partial charge in [-0.3, -0.25) is 14.2 Å². The molecule has 0 unspecified atom stereocenters. The van der Waals surface area contributed by atoms with Crippen LogP contribution in [0.15, 0.2) is 64.0 Å². The molecule has 1 N–H and O–H groups in total. The number of hydrogen-bond donors (Lipinski definition) is 1. The van der Waals surface area contributed by atoms with Crippen molar-refractivity contribution in [1.82, 2.24) is 19.4 Å². The zero-order chi connectivity index (χ0) is 17.4. The fourth-order valence-corrected chi connectivity index (χ4v) is 2.97. The van der Waals surface area contributed by atoms with Gasteiger partial charge in [0.2, 0.25) is 5.91 Å². The molecule has 0 saturated carbocycles. The third-order valence-corrected chi connectivity index (χ3v) is 4.37. The summed E-state index contributed by atoms with van der Waals surface area (Å²) in [5.41, 5.74) is 1.53. The lowest BCUT2D eigenvalue weighted by atomic mass is 10.2. The molecule has 2 aromatic carbocycles. The summed E-state index contributed by atoms with van der Waals surface area (Å²) in [6.07, 6.45) is 1.47. The van der Waals surface area contributed by atoms with Crippen LogP contribution in [0.1, 0.15) is 0 Å². The smallest absolute Gasteiger partial charge is 0.262 e. The molecule has 2 heterocycles. The third kappa shape index (κ3) is 2.80. The van der Waals surface area contributed by atoms with Gasteiger partial charge >= 0.3 is 0 Å². The summed E-state index contributed by atoms with van der Waals surface area (Å²) in [7, 11) is 0. The van der Waals surface area contributed by atoms with E-state index in [1.807, 2.05) is 18.2 Å². The molecule has 7 nitrogen and oxygen atoms in total. The van der Waals surface area contributed by atoms with Gasteiger partial charge in [0.15, 0.2) is 5.65 Å². The number of carbonyl (C=O) groups is 1. The molecule has 0 spiro atoms. The highest BCUT2D eigenvalue weighted by atomic mass is 79.9. The topological polar surface area (TPSA) is 81.3 Å². The molecule has 25 heavy (non-hydrogen) atoms. The quantitative estimate of drug-likeness (QED) is 0.575. The summed E-state index contributed by atoms with van der Waals surface area (Å²) in [4.78, 5) is 25.2. The van der Waals surface area contributed by atoms with Gasteiger partial charge in [-0.25, -0.2) is 0 Å². The number of nitrogens with one attached hydrogen (secondary N) is 1. The highest BCUT2D eigenvalue weighted by Gasteiger charge is 2.14. The van der Waals surface area contributed by atoms with Crippen molar-refractivity contribution in [2.24, 2.45) is 0 Å². The maximum atomic E-state index is 12.8. The predicted molar refractivity (Wildman–Crippen MR) is 97.5 cm³/mol. The molecule has 0 saturated heterocycles. The average Bonchev–Trinajstić information content (AvgIpc) is 3.10. The summed E-state index contributed by atoms with van der Waals surface area (Å²) in [6.45, 7) is -0.128. The number of fused-ring (bicyclic) bond motifs is 3. The van der Waals surface area contributed by atoms with Crippen molar-refractivity contribution in [2.75, 3.05) is 5.32 Å². The molecule has 0 aliphatic heterocycles. The minimum Gasteiger partial charge on any atom is -0.325 e. The number of carbonyl (C=O) groups excluding carboxylic acids is 1. The summed E-state index contributed by atoms with van der Waals surface area (Å²) in [6, 6.07) is 14.3. The van der Waals surface area contributed by atoms with E-state index in [1.165, 1.54) is 10.8 Å². The van der Waals surface area contributed by atoms with Crippen molar-refractivity contribution in [1.29, 1.82) is 0 Å². The van der Waals surface area contributed by atoms with Gasteiger partial charge in [-0.1, -0.05) is 33.3 Å². The molecule has 0 bridgehead atoms.